The van der Waals surface area contributed by atoms with Gasteiger partial charge in [0.05, 0.1) is 17.3 Å². The summed E-state index contributed by atoms with van der Waals surface area (Å²) in [5.41, 5.74) is 0.0625. The second-order valence-corrected chi connectivity index (χ2v) is 4.67. The fourth-order valence-corrected chi connectivity index (χ4v) is 2.22. The summed E-state index contributed by atoms with van der Waals surface area (Å²) in [6.45, 7) is 1.39. The van der Waals surface area contributed by atoms with Crippen molar-refractivity contribution in [2.75, 3.05) is 7.11 Å². The van der Waals surface area contributed by atoms with Crippen molar-refractivity contribution in [2.24, 2.45) is 0 Å². The van der Waals surface area contributed by atoms with Crippen LogP contribution in [0.4, 0.5) is 3.89 Å². The van der Waals surface area contributed by atoms with E-state index in [2.05, 4.69) is 20.9 Å². The average Bonchev–Trinajstić information content (AvgIpc) is 2.06. The van der Waals surface area contributed by atoms with Gasteiger partial charge >= 0.3 is 10.2 Å². The van der Waals surface area contributed by atoms with Crippen molar-refractivity contribution in [2.45, 2.75) is 11.8 Å². The minimum Gasteiger partial charge on any atom is -0.480 e. The SMILES string of the molecule is COc1nc(C)c(S(=O)(=O)F)cc1Br. The second kappa shape index (κ2) is 3.82. The van der Waals surface area contributed by atoms with Crippen molar-refractivity contribution in [1.82, 2.24) is 4.98 Å². The van der Waals surface area contributed by atoms with Gasteiger partial charge in [-0.3, -0.25) is 0 Å². The molecule has 0 aromatic carbocycles. The maximum absolute atomic E-state index is 12.7. The zero-order valence-corrected chi connectivity index (χ0v) is 9.82. The van der Waals surface area contributed by atoms with Crippen LogP contribution in [0.2, 0.25) is 0 Å². The third-order valence-corrected chi connectivity index (χ3v) is 3.05. The monoisotopic (exact) mass is 283 g/mol. The van der Waals surface area contributed by atoms with Gasteiger partial charge in [0.2, 0.25) is 5.88 Å². The van der Waals surface area contributed by atoms with Gasteiger partial charge in [-0.25, -0.2) is 4.98 Å². The molecule has 1 rings (SSSR count). The van der Waals surface area contributed by atoms with Gasteiger partial charge in [0, 0.05) is 0 Å². The van der Waals surface area contributed by atoms with Gasteiger partial charge < -0.3 is 4.74 Å². The molecule has 0 radical (unpaired) electrons. The first-order valence-corrected chi connectivity index (χ1v) is 5.69. The third kappa shape index (κ3) is 2.21. The standard InChI is InChI=1S/C7H7BrFNO3S/c1-4-6(14(9,11)12)3-5(8)7(10-4)13-2/h3H,1-2H3. The minimum absolute atomic E-state index is 0.0625. The van der Waals surface area contributed by atoms with Crippen LogP contribution in [-0.4, -0.2) is 20.5 Å². The molecule has 0 aliphatic carbocycles. The number of nitrogens with zero attached hydrogens (tertiary/aromatic N) is 1. The van der Waals surface area contributed by atoms with Gasteiger partial charge in [0.15, 0.2) is 0 Å². The van der Waals surface area contributed by atoms with E-state index in [4.69, 9.17) is 4.74 Å². The number of aromatic nitrogens is 1. The highest BCUT2D eigenvalue weighted by Crippen LogP contribution is 2.27. The van der Waals surface area contributed by atoms with Crippen LogP contribution < -0.4 is 4.74 Å². The van der Waals surface area contributed by atoms with E-state index in [1.54, 1.807) is 0 Å². The van der Waals surface area contributed by atoms with Crippen molar-refractivity contribution in [3.05, 3.63) is 16.2 Å². The maximum Gasteiger partial charge on any atom is 0.333 e. The van der Waals surface area contributed by atoms with Crippen LogP contribution >= 0.6 is 15.9 Å². The molecular weight excluding hydrogens is 277 g/mol. The normalized spacial score (nSPS) is 11.4. The molecule has 1 aromatic heterocycles. The molecular formula is C7H7BrFNO3S. The van der Waals surface area contributed by atoms with Crippen LogP contribution in [0.3, 0.4) is 0 Å². The van der Waals surface area contributed by atoms with Crippen molar-refractivity contribution < 1.29 is 17.0 Å². The molecule has 78 valence electrons. The molecule has 0 aliphatic heterocycles. The first-order chi connectivity index (χ1) is 6.36. The van der Waals surface area contributed by atoms with Crippen LogP contribution in [0.1, 0.15) is 5.69 Å². The van der Waals surface area contributed by atoms with E-state index < -0.39 is 15.1 Å². The molecule has 0 fully saturated rings. The molecule has 14 heavy (non-hydrogen) atoms. The quantitative estimate of drug-likeness (QED) is 0.777. The number of rotatable bonds is 2. The lowest BCUT2D eigenvalue weighted by atomic mass is 10.4. The molecule has 0 saturated carbocycles. The van der Waals surface area contributed by atoms with E-state index in [9.17, 15) is 12.3 Å². The van der Waals surface area contributed by atoms with Gasteiger partial charge in [-0.15, -0.1) is 3.89 Å². The Hall–Kier alpha value is -0.690. The minimum atomic E-state index is -4.73. The lowest BCUT2D eigenvalue weighted by Gasteiger charge is -2.05. The fourth-order valence-electron chi connectivity index (χ4n) is 0.932. The Morgan fingerprint density at radius 2 is 2.14 bits per heavy atom. The van der Waals surface area contributed by atoms with Crippen molar-refractivity contribution in [1.29, 1.82) is 0 Å². The molecule has 0 saturated heterocycles. The first kappa shape index (κ1) is 11.4. The van der Waals surface area contributed by atoms with Crippen LogP contribution in [0, 0.1) is 6.92 Å². The highest BCUT2D eigenvalue weighted by atomic mass is 79.9. The number of pyridine rings is 1. The lowest BCUT2D eigenvalue weighted by Crippen LogP contribution is -2.00. The highest BCUT2D eigenvalue weighted by Gasteiger charge is 2.19. The second-order valence-electron chi connectivity index (χ2n) is 2.50. The summed E-state index contributed by atoms with van der Waals surface area (Å²) in [6, 6.07) is 1.12. The topological polar surface area (TPSA) is 56.3 Å². The van der Waals surface area contributed by atoms with Gasteiger partial charge in [0.1, 0.15) is 4.90 Å². The van der Waals surface area contributed by atoms with E-state index >= 15 is 0 Å². The molecule has 1 heterocycles. The summed E-state index contributed by atoms with van der Waals surface area (Å²) in [5.74, 6) is 0.218. The van der Waals surface area contributed by atoms with Crippen LogP contribution in [0.15, 0.2) is 15.4 Å². The molecule has 4 nitrogen and oxygen atoms in total. The number of aryl methyl sites for hydroxylation is 1. The molecule has 0 amide bonds. The summed E-state index contributed by atoms with van der Waals surface area (Å²) in [7, 11) is -3.34. The number of methoxy groups -OCH3 is 1. The van der Waals surface area contributed by atoms with Crippen LogP contribution in [0.25, 0.3) is 0 Å². The summed E-state index contributed by atoms with van der Waals surface area (Å²) in [6.07, 6.45) is 0. The predicted octanol–water partition coefficient (Wildman–Crippen LogP) is 1.82. The summed E-state index contributed by atoms with van der Waals surface area (Å²) in [5, 5.41) is 0. The molecule has 0 spiro atoms. The number of halogens is 2. The first-order valence-electron chi connectivity index (χ1n) is 3.52. The third-order valence-electron chi connectivity index (χ3n) is 1.54. The summed E-state index contributed by atoms with van der Waals surface area (Å²) < 4.78 is 39.1. The fraction of sp³-hybridized carbons (Fsp3) is 0.286. The molecule has 0 N–H and O–H groups in total. The van der Waals surface area contributed by atoms with Gasteiger partial charge in [-0.1, -0.05) is 0 Å². The zero-order chi connectivity index (χ0) is 10.9. The zero-order valence-electron chi connectivity index (χ0n) is 7.41. The van der Waals surface area contributed by atoms with E-state index in [1.807, 2.05) is 0 Å². The van der Waals surface area contributed by atoms with Crippen LogP contribution in [-0.2, 0) is 10.2 Å². The van der Waals surface area contributed by atoms with Crippen molar-refractivity contribution in [3.63, 3.8) is 0 Å². The maximum atomic E-state index is 12.7. The predicted molar refractivity (Wildman–Crippen MR) is 51.5 cm³/mol. The Morgan fingerprint density at radius 3 is 2.57 bits per heavy atom. The van der Waals surface area contributed by atoms with Crippen LogP contribution in [0.5, 0.6) is 5.88 Å². The van der Waals surface area contributed by atoms with E-state index in [-0.39, 0.29) is 11.6 Å². The molecule has 0 atom stereocenters. The van der Waals surface area contributed by atoms with Gasteiger partial charge in [-0.2, -0.15) is 8.42 Å². The molecule has 0 bridgehead atoms. The Bertz CT molecular complexity index is 460. The van der Waals surface area contributed by atoms with E-state index in [1.165, 1.54) is 14.0 Å². The smallest absolute Gasteiger partial charge is 0.333 e. The van der Waals surface area contributed by atoms with Crippen molar-refractivity contribution in [3.8, 4) is 5.88 Å². The number of hydrogen-bond acceptors (Lipinski definition) is 4. The largest absolute Gasteiger partial charge is 0.480 e. The highest BCUT2D eigenvalue weighted by molar-refractivity contribution is 9.10. The summed E-state index contributed by atoms with van der Waals surface area (Å²) >= 11 is 3.02. The van der Waals surface area contributed by atoms with Crippen molar-refractivity contribution >= 4 is 26.2 Å². The van der Waals surface area contributed by atoms with Gasteiger partial charge in [-0.05, 0) is 28.9 Å². The van der Waals surface area contributed by atoms with E-state index in [0.29, 0.717) is 4.47 Å². The average molecular weight is 284 g/mol. The Balaban J connectivity index is 3.44. The molecule has 7 heteroatoms. The molecule has 0 aliphatic rings. The summed E-state index contributed by atoms with van der Waals surface area (Å²) in [4.78, 5) is 3.32. The Kier molecular flexibility index (Phi) is 3.10. The van der Waals surface area contributed by atoms with Gasteiger partial charge in [0.25, 0.3) is 0 Å². The Morgan fingerprint density at radius 1 is 1.57 bits per heavy atom. The number of ether oxygens (including phenoxy) is 1. The Labute approximate surface area is 89.4 Å². The molecule has 1 aromatic rings. The van der Waals surface area contributed by atoms with E-state index in [0.717, 1.165) is 6.07 Å². The molecule has 0 unspecified atom stereocenters. The number of hydrogen-bond donors (Lipinski definition) is 0. The lowest BCUT2D eigenvalue weighted by molar-refractivity contribution is 0.393.